The fourth-order valence-electron chi connectivity index (χ4n) is 6.73. The average molecular weight is 547 g/mol. The zero-order valence-corrected chi connectivity index (χ0v) is 24.2. The molecule has 0 N–H and O–H groups in total. The Morgan fingerprint density at radius 1 is 1.10 bits per heavy atom. The van der Waals surface area contributed by atoms with Crippen LogP contribution in [0.3, 0.4) is 0 Å². The summed E-state index contributed by atoms with van der Waals surface area (Å²) >= 11 is 0. The van der Waals surface area contributed by atoms with Crippen LogP contribution < -0.4 is 4.74 Å². The Labute approximate surface area is 238 Å². The first kappa shape index (κ1) is 29.5. The van der Waals surface area contributed by atoms with Gasteiger partial charge >= 0.3 is 11.9 Å². The first-order valence-corrected chi connectivity index (χ1v) is 14.3. The number of carbonyl (C=O) groups excluding carboxylic acids is 3. The summed E-state index contributed by atoms with van der Waals surface area (Å²) in [6.45, 7) is 14.0. The monoisotopic (exact) mass is 546 g/mol. The number of carbonyl (C=O) groups is 3. The van der Waals surface area contributed by atoms with Gasteiger partial charge in [0, 0.05) is 62.8 Å². The summed E-state index contributed by atoms with van der Waals surface area (Å²) in [6.07, 6.45) is 3.65. The third-order valence-electron chi connectivity index (χ3n) is 8.25. The molecule has 2 aliphatic rings. The maximum atomic E-state index is 14.0. The Morgan fingerprint density at radius 2 is 1.85 bits per heavy atom. The first-order valence-electron chi connectivity index (χ1n) is 14.3. The van der Waals surface area contributed by atoms with Crippen molar-refractivity contribution >= 4 is 17.8 Å². The van der Waals surface area contributed by atoms with Crippen LogP contribution in [0.1, 0.15) is 62.9 Å². The van der Waals surface area contributed by atoms with E-state index in [9.17, 15) is 14.4 Å². The smallest absolute Gasteiger partial charge is 0.308 e. The van der Waals surface area contributed by atoms with E-state index in [1.54, 1.807) is 6.07 Å². The van der Waals surface area contributed by atoms with Gasteiger partial charge in [0.2, 0.25) is 0 Å². The van der Waals surface area contributed by atoms with Crippen LogP contribution >= 0.6 is 0 Å². The summed E-state index contributed by atoms with van der Waals surface area (Å²) in [4.78, 5) is 42.5. The first-order chi connectivity index (χ1) is 19.1. The number of ether oxygens (including phenoxy) is 2. The molecule has 7 nitrogen and oxygen atoms in total. The van der Waals surface area contributed by atoms with Crippen molar-refractivity contribution in [2.24, 2.45) is 11.8 Å². The number of esters is 2. The highest BCUT2D eigenvalue weighted by Gasteiger charge is 2.54. The van der Waals surface area contributed by atoms with Crippen molar-refractivity contribution in [3.8, 4) is 5.75 Å². The maximum Gasteiger partial charge on any atom is 0.308 e. The average Bonchev–Trinajstić information content (AvgIpc) is 2.91. The van der Waals surface area contributed by atoms with Crippen molar-refractivity contribution in [1.82, 2.24) is 9.80 Å². The molecule has 214 valence electrons. The third-order valence-corrected chi connectivity index (χ3v) is 8.25. The van der Waals surface area contributed by atoms with E-state index >= 15 is 0 Å². The molecule has 0 aromatic heterocycles. The highest BCUT2D eigenvalue weighted by Crippen LogP contribution is 2.51. The lowest BCUT2D eigenvalue weighted by Crippen LogP contribution is -2.62. The summed E-state index contributed by atoms with van der Waals surface area (Å²) < 4.78 is 11.6. The van der Waals surface area contributed by atoms with E-state index in [0.29, 0.717) is 24.3 Å². The van der Waals surface area contributed by atoms with Crippen molar-refractivity contribution < 1.29 is 23.9 Å². The van der Waals surface area contributed by atoms with Crippen LogP contribution in [0.25, 0.3) is 0 Å². The minimum atomic E-state index is -0.386. The van der Waals surface area contributed by atoms with Crippen molar-refractivity contribution in [3.63, 3.8) is 0 Å². The summed E-state index contributed by atoms with van der Waals surface area (Å²) in [7, 11) is 0. The Bertz CT molecular complexity index is 1210. The van der Waals surface area contributed by atoms with E-state index in [1.807, 2.05) is 53.4 Å². The van der Waals surface area contributed by atoms with Gasteiger partial charge < -0.3 is 14.4 Å². The fraction of sp³-hybridized carbons (Fsp3) is 0.485. The van der Waals surface area contributed by atoms with Gasteiger partial charge in [0.15, 0.2) is 0 Å². The van der Waals surface area contributed by atoms with Gasteiger partial charge in [-0.3, -0.25) is 19.3 Å². The predicted octanol–water partition coefficient (Wildman–Crippen LogP) is 5.25. The third kappa shape index (κ3) is 6.64. The standard InChI is InChI=1S/C33H42N2O5/c1-6-16-34-17-15-33(27-13-10-14-29(18-27)39-24(4)36)20-28(19-31(30(33)22-34)40-25(5)37)35(21-23(2)3)32(38)26-11-8-7-9-12-26/h6-14,18,23,28,30-31H,1,15-17,19-22H2,2-5H3/t28-,30+,31?,33+/m1/s1. The lowest BCUT2D eigenvalue weighted by atomic mass is 9.56. The van der Waals surface area contributed by atoms with Gasteiger partial charge in [-0.05, 0) is 55.1 Å². The van der Waals surface area contributed by atoms with E-state index in [4.69, 9.17) is 9.47 Å². The van der Waals surface area contributed by atoms with E-state index in [-0.39, 0.29) is 47.2 Å². The highest BCUT2D eigenvalue weighted by molar-refractivity contribution is 5.94. The summed E-state index contributed by atoms with van der Waals surface area (Å²) in [6, 6.07) is 17.0. The molecule has 7 heteroatoms. The molecule has 2 aromatic rings. The number of amides is 1. The number of benzene rings is 2. The fourth-order valence-corrected chi connectivity index (χ4v) is 6.73. The molecule has 0 bridgehead atoms. The van der Waals surface area contributed by atoms with Gasteiger partial charge in [-0.2, -0.15) is 0 Å². The second-order valence-electron chi connectivity index (χ2n) is 11.6. The Morgan fingerprint density at radius 3 is 2.50 bits per heavy atom. The lowest BCUT2D eigenvalue weighted by molar-refractivity contribution is -0.159. The van der Waals surface area contributed by atoms with Crippen molar-refractivity contribution in [2.75, 3.05) is 26.2 Å². The van der Waals surface area contributed by atoms with Crippen LogP contribution in [-0.2, 0) is 19.7 Å². The number of rotatable bonds is 9. The number of nitrogens with zero attached hydrogens (tertiary/aromatic N) is 2. The summed E-state index contributed by atoms with van der Waals surface area (Å²) in [5, 5.41) is 0. The molecule has 2 aromatic carbocycles. The van der Waals surface area contributed by atoms with Crippen LogP contribution in [-0.4, -0.2) is 66.0 Å². The molecular formula is C33H42N2O5. The maximum absolute atomic E-state index is 14.0. The molecule has 1 heterocycles. The summed E-state index contributed by atoms with van der Waals surface area (Å²) in [5.74, 6) is 0.0584. The predicted molar refractivity (Wildman–Crippen MR) is 155 cm³/mol. The van der Waals surface area contributed by atoms with Crippen LogP contribution in [0.2, 0.25) is 0 Å². The molecule has 1 saturated heterocycles. The minimum Gasteiger partial charge on any atom is -0.462 e. The number of hydrogen-bond donors (Lipinski definition) is 0. The second kappa shape index (κ2) is 12.8. The van der Waals surface area contributed by atoms with E-state index in [2.05, 4.69) is 31.4 Å². The Hall–Kier alpha value is -3.45. The number of likely N-dealkylation sites (tertiary alicyclic amines) is 1. The molecule has 2 fully saturated rings. The molecule has 4 atom stereocenters. The van der Waals surface area contributed by atoms with Crippen LogP contribution in [0.5, 0.6) is 5.75 Å². The number of hydrogen-bond acceptors (Lipinski definition) is 6. The second-order valence-corrected chi connectivity index (χ2v) is 11.6. The Kier molecular flexibility index (Phi) is 9.46. The van der Waals surface area contributed by atoms with E-state index < -0.39 is 0 Å². The van der Waals surface area contributed by atoms with Crippen LogP contribution in [0, 0.1) is 11.8 Å². The van der Waals surface area contributed by atoms with Crippen molar-refractivity contribution in [2.45, 2.75) is 64.5 Å². The molecule has 40 heavy (non-hydrogen) atoms. The Balaban J connectivity index is 1.82. The molecule has 0 spiro atoms. The van der Waals surface area contributed by atoms with Crippen LogP contribution in [0.15, 0.2) is 67.3 Å². The van der Waals surface area contributed by atoms with Gasteiger partial charge in [-0.15, -0.1) is 6.58 Å². The largest absolute Gasteiger partial charge is 0.462 e. The van der Waals surface area contributed by atoms with Crippen molar-refractivity contribution in [3.05, 3.63) is 78.4 Å². The minimum absolute atomic E-state index is 0.00153. The quantitative estimate of drug-likeness (QED) is 0.243. The lowest BCUT2D eigenvalue weighted by Gasteiger charge is -2.56. The van der Waals surface area contributed by atoms with E-state index in [1.165, 1.54) is 13.8 Å². The molecule has 1 saturated carbocycles. The normalized spacial score (nSPS) is 24.6. The van der Waals surface area contributed by atoms with Gasteiger partial charge in [0.25, 0.3) is 5.91 Å². The molecule has 1 unspecified atom stereocenters. The highest BCUT2D eigenvalue weighted by atomic mass is 16.5. The van der Waals surface area contributed by atoms with Crippen molar-refractivity contribution in [1.29, 1.82) is 0 Å². The molecule has 0 radical (unpaired) electrons. The SMILES string of the molecule is C=CCN1CC[C@@]2(c3cccc(OC(C)=O)c3)C[C@H](N(CC(C)C)C(=O)c3ccccc3)CC(OC(C)=O)[C@@H]2C1. The molecule has 4 rings (SSSR count). The summed E-state index contributed by atoms with van der Waals surface area (Å²) in [5.41, 5.74) is 1.32. The molecule has 1 amide bonds. The molecule has 1 aliphatic carbocycles. The topological polar surface area (TPSA) is 76.2 Å². The molecular weight excluding hydrogens is 504 g/mol. The van der Waals surface area contributed by atoms with Gasteiger partial charge in [0.05, 0.1) is 0 Å². The van der Waals surface area contributed by atoms with Gasteiger partial charge in [-0.1, -0.05) is 50.3 Å². The zero-order valence-electron chi connectivity index (χ0n) is 24.2. The number of piperidine rings is 1. The number of fused-ring (bicyclic) bond motifs is 1. The van der Waals surface area contributed by atoms with Crippen LogP contribution in [0.4, 0.5) is 0 Å². The molecule has 1 aliphatic heterocycles. The van der Waals surface area contributed by atoms with Gasteiger partial charge in [-0.25, -0.2) is 0 Å². The van der Waals surface area contributed by atoms with Gasteiger partial charge in [0.1, 0.15) is 11.9 Å². The van der Waals surface area contributed by atoms with E-state index in [0.717, 1.165) is 38.0 Å². The zero-order chi connectivity index (χ0) is 28.9.